The van der Waals surface area contributed by atoms with Gasteiger partial charge in [-0.2, -0.15) is 0 Å². The van der Waals surface area contributed by atoms with Gasteiger partial charge in [0.2, 0.25) is 11.8 Å². The van der Waals surface area contributed by atoms with Gasteiger partial charge in [0.05, 0.1) is 10.4 Å². The summed E-state index contributed by atoms with van der Waals surface area (Å²) in [6, 6.07) is 15.6. The van der Waals surface area contributed by atoms with Crippen LogP contribution >= 0.6 is 11.3 Å². The molecular weight excluding hydrogens is 360 g/mol. The molecule has 0 saturated carbocycles. The van der Waals surface area contributed by atoms with Crippen molar-refractivity contribution >= 4 is 32.6 Å². The van der Waals surface area contributed by atoms with Gasteiger partial charge in [-0.25, -0.2) is 15.0 Å². The smallest absolute Gasteiger partial charge is 0.223 e. The number of carbonyl (C=O) groups is 1. The molecule has 7 heteroatoms. The Balaban J connectivity index is 1.66. The molecule has 4 rings (SSSR count). The van der Waals surface area contributed by atoms with Gasteiger partial charge >= 0.3 is 0 Å². The van der Waals surface area contributed by atoms with Crippen LogP contribution in [0.3, 0.4) is 0 Å². The van der Waals surface area contributed by atoms with E-state index in [1.165, 1.54) is 30.2 Å². The number of anilines is 1. The van der Waals surface area contributed by atoms with Gasteiger partial charge < -0.3 is 10.1 Å². The highest BCUT2D eigenvalue weighted by atomic mass is 32.1. The summed E-state index contributed by atoms with van der Waals surface area (Å²) in [5.41, 5.74) is 3.65. The second-order valence-corrected chi connectivity index (χ2v) is 7.04. The molecule has 1 amide bonds. The molecule has 6 nitrogen and oxygen atoms in total. The normalized spacial score (nSPS) is 10.7. The quantitative estimate of drug-likeness (QED) is 0.553. The minimum atomic E-state index is -0.157. The van der Waals surface area contributed by atoms with Crippen LogP contribution in [0.2, 0.25) is 0 Å². The third-order valence-corrected chi connectivity index (χ3v) is 4.80. The number of thiazole rings is 1. The van der Waals surface area contributed by atoms with E-state index in [1.807, 2.05) is 49.4 Å². The van der Waals surface area contributed by atoms with E-state index in [2.05, 4.69) is 20.3 Å². The average Bonchev–Trinajstić information content (AvgIpc) is 3.05. The molecule has 0 saturated heterocycles. The van der Waals surface area contributed by atoms with Gasteiger partial charge in [0, 0.05) is 18.6 Å². The summed E-state index contributed by atoms with van der Waals surface area (Å²) in [6.07, 6.45) is 1.48. The molecule has 2 aromatic heterocycles. The van der Waals surface area contributed by atoms with Crippen LogP contribution in [0.5, 0.6) is 11.6 Å². The van der Waals surface area contributed by atoms with Crippen molar-refractivity contribution in [1.82, 2.24) is 15.0 Å². The van der Waals surface area contributed by atoms with Crippen molar-refractivity contribution in [3.8, 4) is 22.9 Å². The fourth-order valence-corrected chi connectivity index (χ4v) is 3.53. The second-order valence-electron chi connectivity index (χ2n) is 6.01. The Morgan fingerprint density at radius 1 is 1.11 bits per heavy atom. The van der Waals surface area contributed by atoms with Crippen molar-refractivity contribution in [2.24, 2.45) is 0 Å². The van der Waals surface area contributed by atoms with E-state index < -0.39 is 0 Å². The van der Waals surface area contributed by atoms with E-state index in [1.54, 1.807) is 6.07 Å². The maximum atomic E-state index is 11.3. The van der Waals surface area contributed by atoms with E-state index in [-0.39, 0.29) is 5.91 Å². The summed E-state index contributed by atoms with van der Waals surface area (Å²) in [5, 5.41) is 3.25. The summed E-state index contributed by atoms with van der Waals surface area (Å²) in [7, 11) is 0. The Labute approximate surface area is 159 Å². The standard InChI is InChI=1S/C20H16N4O2S/c1-12-6-8-14(9-7-12)15-10-18(22-11-21-15)26-16-4-3-5-17-19(16)24-20(27-17)23-13(2)25/h3-11H,1-2H3,(H,23,24,25). The monoisotopic (exact) mass is 376 g/mol. The zero-order chi connectivity index (χ0) is 18.8. The maximum absolute atomic E-state index is 11.3. The van der Waals surface area contributed by atoms with Crippen LogP contribution in [0.25, 0.3) is 21.5 Å². The van der Waals surface area contributed by atoms with E-state index >= 15 is 0 Å². The van der Waals surface area contributed by atoms with Gasteiger partial charge in [0.1, 0.15) is 11.8 Å². The van der Waals surface area contributed by atoms with Gasteiger partial charge in [0.25, 0.3) is 0 Å². The first-order valence-corrected chi connectivity index (χ1v) is 9.14. The van der Waals surface area contributed by atoms with Gasteiger partial charge in [-0.1, -0.05) is 47.2 Å². The summed E-state index contributed by atoms with van der Waals surface area (Å²) in [5.74, 6) is 0.853. The molecule has 0 aliphatic carbocycles. The van der Waals surface area contributed by atoms with E-state index in [4.69, 9.17) is 4.74 Å². The molecule has 0 aliphatic heterocycles. The topological polar surface area (TPSA) is 77.0 Å². The first-order valence-electron chi connectivity index (χ1n) is 8.32. The SMILES string of the molecule is CC(=O)Nc1nc2c(Oc3cc(-c4ccc(C)cc4)ncn3)cccc2s1. The van der Waals surface area contributed by atoms with Gasteiger partial charge in [-0.05, 0) is 19.1 Å². The number of carbonyl (C=O) groups excluding carboxylic acids is 1. The van der Waals surface area contributed by atoms with Crippen LogP contribution in [-0.2, 0) is 4.79 Å². The number of hydrogen-bond acceptors (Lipinski definition) is 6. The van der Waals surface area contributed by atoms with Gasteiger partial charge in [0.15, 0.2) is 10.9 Å². The number of nitrogens with zero attached hydrogens (tertiary/aromatic N) is 3. The lowest BCUT2D eigenvalue weighted by Crippen LogP contribution is -2.04. The van der Waals surface area contributed by atoms with Crippen molar-refractivity contribution < 1.29 is 9.53 Å². The molecular formula is C20H16N4O2S. The predicted octanol–water partition coefficient (Wildman–Crippen LogP) is 4.81. The lowest BCUT2D eigenvalue weighted by molar-refractivity contribution is -0.114. The predicted molar refractivity (Wildman–Crippen MR) is 106 cm³/mol. The molecule has 1 N–H and O–H groups in total. The highest BCUT2D eigenvalue weighted by Gasteiger charge is 2.12. The minimum absolute atomic E-state index is 0.157. The van der Waals surface area contributed by atoms with Gasteiger partial charge in [-0.3, -0.25) is 4.79 Å². The number of rotatable bonds is 4. The van der Waals surface area contributed by atoms with Crippen molar-refractivity contribution in [2.75, 3.05) is 5.32 Å². The zero-order valence-corrected chi connectivity index (χ0v) is 15.6. The van der Waals surface area contributed by atoms with Crippen LogP contribution in [-0.4, -0.2) is 20.9 Å². The molecule has 2 heterocycles. The number of nitrogens with one attached hydrogen (secondary N) is 1. The third-order valence-electron chi connectivity index (χ3n) is 3.87. The van der Waals surface area contributed by atoms with E-state index in [0.29, 0.717) is 22.3 Å². The Hall–Kier alpha value is -3.32. The molecule has 0 bridgehead atoms. The molecule has 0 aliphatic rings. The molecule has 0 spiro atoms. The molecule has 0 unspecified atom stereocenters. The number of amides is 1. The molecule has 0 atom stereocenters. The molecule has 2 aromatic carbocycles. The molecule has 27 heavy (non-hydrogen) atoms. The molecule has 4 aromatic rings. The Morgan fingerprint density at radius 2 is 1.93 bits per heavy atom. The van der Waals surface area contributed by atoms with E-state index in [0.717, 1.165) is 16.0 Å². The highest BCUT2D eigenvalue weighted by molar-refractivity contribution is 7.22. The number of aromatic nitrogens is 3. The molecule has 0 radical (unpaired) electrons. The van der Waals surface area contributed by atoms with Crippen LogP contribution in [0.15, 0.2) is 54.9 Å². The van der Waals surface area contributed by atoms with Crippen LogP contribution in [0.4, 0.5) is 5.13 Å². The van der Waals surface area contributed by atoms with Crippen molar-refractivity contribution in [3.63, 3.8) is 0 Å². The number of ether oxygens (including phenoxy) is 1. The lowest BCUT2D eigenvalue weighted by atomic mass is 10.1. The Morgan fingerprint density at radius 3 is 2.70 bits per heavy atom. The first-order chi connectivity index (χ1) is 13.1. The molecule has 134 valence electrons. The average molecular weight is 376 g/mol. The fourth-order valence-electron chi connectivity index (χ4n) is 2.60. The zero-order valence-electron chi connectivity index (χ0n) is 14.8. The third kappa shape index (κ3) is 3.78. The molecule has 0 fully saturated rings. The lowest BCUT2D eigenvalue weighted by Gasteiger charge is -2.07. The van der Waals surface area contributed by atoms with Gasteiger partial charge in [-0.15, -0.1) is 0 Å². The summed E-state index contributed by atoms with van der Waals surface area (Å²) in [4.78, 5) is 24.3. The number of benzene rings is 2. The van der Waals surface area contributed by atoms with Crippen LogP contribution in [0.1, 0.15) is 12.5 Å². The summed E-state index contributed by atoms with van der Waals surface area (Å²) in [6.45, 7) is 3.50. The Bertz CT molecular complexity index is 1120. The first kappa shape index (κ1) is 17.1. The summed E-state index contributed by atoms with van der Waals surface area (Å²) < 4.78 is 6.90. The Kier molecular flexibility index (Phi) is 4.52. The van der Waals surface area contributed by atoms with Crippen LogP contribution in [0, 0.1) is 6.92 Å². The maximum Gasteiger partial charge on any atom is 0.223 e. The van der Waals surface area contributed by atoms with Crippen molar-refractivity contribution in [3.05, 3.63) is 60.4 Å². The highest BCUT2D eigenvalue weighted by Crippen LogP contribution is 2.34. The number of para-hydroxylation sites is 1. The second kappa shape index (κ2) is 7.13. The number of hydrogen-bond donors (Lipinski definition) is 1. The largest absolute Gasteiger partial charge is 0.437 e. The summed E-state index contributed by atoms with van der Waals surface area (Å²) >= 11 is 1.40. The minimum Gasteiger partial charge on any atom is -0.437 e. The van der Waals surface area contributed by atoms with Crippen molar-refractivity contribution in [2.45, 2.75) is 13.8 Å². The fraction of sp³-hybridized carbons (Fsp3) is 0.100. The van der Waals surface area contributed by atoms with E-state index in [9.17, 15) is 4.79 Å². The number of aryl methyl sites for hydroxylation is 1. The van der Waals surface area contributed by atoms with Crippen molar-refractivity contribution in [1.29, 1.82) is 0 Å². The van der Waals surface area contributed by atoms with Crippen LogP contribution < -0.4 is 10.1 Å². The number of fused-ring (bicyclic) bond motifs is 1.